The maximum Gasteiger partial charge on any atom is 0.360 e. The molecule has 0 bridgehead atoms. The van der Waals surface area contributed by atoms with Crippen LogP contribution in [0.5, 0.6) is 0 Å². The second-order valence-corrected chi connectivity index (χ2v) is 14.6. The van der Waals surface area contributed by atoms with Crippen LogP contribution >= 0.6 is 0 Å². The molecule has 0 unspecified atom stereocenters. The van der Waals surface area contributed by atoms with Crippen LogP contribution in [-0.4, -0.2) is 17.5 Å². The predicted octanol–water partition coefficient (Wildman–Crippen LogP) is 10.9. The maximum atomic E-state index is 5.28. The fourth-order valence-corrected chi connectivity index (χ4v) is 8.09. The molecule has 1 N–H and O–H groups in total. The van der Waals surface area contributed by atoms with E-state index in [1.807, 2.05) is 0 Å². The summed E-state index contributed by atoms with van der Waals surface area (Å²) in [4.78, 5) is 5.28. The molecule has 0 amide bonds. The van der Waals surface area contributed by atoms with Gasteiger partial charge in [0.2, 0.25) is 0 Å². The van der Waals surface area contributed by atoms with E-state index in [4.69, 9.17) is 9.66 Å². The second kappa shape index (κ2) is 12.2. The first-order chi connectivity index (χ1) is 26.0. The average molecular weight is 679 g/mol. The lowest BCUT2D eigenvalue weighted by Crippen LogP contribution is -2.38. The average Bonchev–Trinajstić information content (AvgIpc) is 3.45. The van der Waals surface area contributed by atoms with Crippen LogP contribution in [0.3, 0.4) is 0 Å². The lowest BCUT2D eigenvalue weighted by Gasteiger charge is -2.22. The summed E-state index contributed by atoms with van der Waals surface area (Å²) in [6.07, 6.45) is 0. The van der Waals surface area contributed by atoms with E-state index in [0.717, 1.165) is 45.1 Å². The summed E-state index contributed by atoms with van der Waals surface area (Å²) in [5, 5.41) is 8.36. The van der Waals surface area contributed by atoms with Crippen molar-refractivity contribution in [1.29, 1.82) is 0 Å². The van der Waals surface area contributed by atoms with Crippen molar-refractivity contribution in [3.8, 4) is 33.4 Å². The van der Waals surface area contributed by atoms with E-state index in [2.05, 4.69) is 195 Å². The van der Waals surface area contributed by atoms with Gasteiger partial charge in [-0.2, -0.15) is 0 Å². The highest BCUT2D eigenvalue weighted by atomic mass is 15.1. The number of benzene rings is 8. The molecule has 1 heterocycles. The van der Waals surface area contributed by atoms with Gasteiger partial charge in [0.25, 0.3) is 5.84 Å². The van der Waals surface area contributed by atoms with Crippen LogP contribution in [0.1, 0.15) is 41.7 Å². The van der Waals surface area contributed by atoms with E-state index < -0.39 is 0 Å². The van der Waals surface area contributed by atoms with Crippen LogP contribution in [0.4, 0.5) is 0 Å². The molecule has 1 aliphatic carbocycles. The first-order valence-corrected chi connectivity index (χ1v) is 18.2. The molecule has 8 aromatic rings. The molecule has 2 aliphatic rings. The number of amidine groups is 3. The third-order valence-corrected chi connectivity index (χ3v) is 10.9. The van der Waals surface area contributed by atoms with Crippen molar-refractivity contribution in [2.75, 3.05) is 0 Å². The van der Waals surface area contributed by atoms with Crippen LogP contribution in [0.15, 0.2) is 181 Å². The molecule has 0 atom stereocenters. The van der Waals surface area contributed by atoms with Gasteiger partial charge in [0.15, 0.2) is 0 Å². The quantitative estimate of drug-likeness (QED) is 0.181. The summed E-state index contributed by atoms with van der Waals surface area (Å²) in [6, 6.07) is 63.1. The highest BCUT2D eigenvalue weighted by Crippen LogP contribution is 2.49. The summed E-state index contributed by atoms with van der Waals surface area (Å²) >= 11 is 0. The Morgan fingerprint density at radius 1 is 0.415 bits per heavy atom. The van der Waals surface area contributed by atoms with Crippen LogP contribution in [0, 0.1) is 0 Å². The smallest absolute Gasteiger partial charge is 0.229 e. The topological polar surface area (TPSA) is 38.5 Å². The zero-order valence-corrected chi connectivity index (χ0v) is 29.6. The van der Waals surface area contributed by atoms with Gasteiger partial charge in [0.1, 0.15) is 0 Å². The minimum atomic E-state index is -0.0936. The molecule has 0 radical (unpaired) electrons. The number of rotatable bonds is 5. The summed E-state index contributed by atoms with van der Waals surface area (Å²) in [5.41, 5.74) is 12.8. The van der Waals surface area contributed by atoms with Gasteiger partial charge in [0, 0.05) is 5.41 Å². The molecule has 0 fully saturated rings. The molecule has 3 nitrogen and oxygen atoms in total. The van der Waals surface area contributed by atoms with E-state index in [1.54, 1.807) is 0 Å². The lowest BCUT2D eigenvalue weighted by molar-refractivity contribution is 0.660. The Kier molecular flexibility index (Phi) is 7.11. The number of aliphatic imine (C=N–C) groups is 1. The van der Waals surface area contributed by atoms with Crippen molar-refractivity contribution in [3.05, 3.63) is 204 Å². The second-order valence-electron chi connectivity index (χ2n) is 14.6. The maximum absolute atomic E-state index is 5.28. The third kappa shape index (κ3) is 5.38. The van der Waals surface area contributed by atoms with Gasteiger partial charge >= 0.3 is 11.7 Å². The van der Waals surface area contributed by atoms with Crippen molar-refractivity contribution >= 4 is 39.1 Å². The zero-order chi connectivity index (χ0) is 35.5. The number of fused-ring (bicyclic) bond motifs is 5. The van der Waals surface area contributed by atoms with E-state index in [9.17, 15) is 0 Å². The van der Waals surface area contributed by atoms with Gasteiger partial charge in [-0.1, -0.05) is 146 Å². The largest absolute Gasteiger partial charge is 0.360 e. The SMILES string of the molecule is CC1(C)c2ccccc2-c2ccc(-c3cc(C4=[N+]=C(c5ccc6ccccc6c5)NC(c5ccc6ccccc6c5)=N4)cc(-c4ccccc4)c3)cc21. The molecule has 0 saturated carbocycles. The van der Waals surface area contributed by atoms with Gasteiger partial charge in [-0.3, -0.25) is 0 Å². The molecule has 10 rings (SSSR count). The molecular formula is C50H36N3+. The van der Waals surface area contributed by atoms with Crippen LogP contribution in [0.25, 0.3) is 54.9 Å². The minimum absolute atomic E-state index is 0.0936. The molecule has 3 heteroatoms. The molecule has 8 aromatic carbocycles. The number of hydrogen-bond donors (Lipinski definition) is 1. The fourth-order valence-electron chi connectivity index (χ4n) is 8.09. The Balaban J connectivity index is 1.18. The van der Waals surface area contributed by atoms with Crippen molar-refractivity contribution < 1.29 is 0 Å². The Labute approximate surface area is 309 Å². The van der Waals surface area contributed by atoms with Crippen molar-refractivity contribution in [2.45, 2.75) is 19.3 Å². The number of nitrogens with one attached hydrogen (secondary N) is 1. The fraction of sp³-hybridized carbons (Fsp3) is 0.0600. The minimum Gasteiger partial charge on any atom is -0.229 e. The zero-order valence-electron chi connectivity index (χ0n) is 29.6. The highest BCUT2D eigenvalue weighted by Gasteiger charge is 2.35. The first-order valence-electron chi connectivity index (χ1n) is 18.2. The highest BCUT2D eigenvalue weighted by molar-refractivity contribution is 6.24. The van der Waals surface area contributed by atoms with Gasteiger partial charge in [-0.05, 0) is 115 Å². The normalized spacial score (nSPS) is 14.2. The summed E-state index contributed by atoms with van der Waals surface area (Å²) < 4.78 is 5.28. The third-order valence-electron chi connectivity index (χ3n) is 10.9. The van der Waals surface area contributed by atoms with E-state index >= 15 is 0 Å². The number of nitrogens with zero attached hydrogens (tertiary/aromatic N) is 2. The van der Waals surface area contributed by atoms with Crippen molar-refractivity contribution in [2.24, 2.45) is 4.99 Å². The van der Waals surface area contributed by atoms with Gasteiger partial charge in [-0.25, -0.2) is 9.98 Å². The lowest BCUT2D eigenvalue weighted by atomic mass is 9.81. The standard InChI is InChI=1S/C50H35N3/c1-50(2)45-19-11-10-18-43(45)44-25-24-37(31-46(44)50)41-28-40(32-12-4-3-5-13-32)29-42(30-41)49-52-47(38-22-20-33-14-6-8-16-35(33)26-38)51-48(53-49)39-23-21-34-15-7-9-17-36(34)27-39/h3-31H,1-2H3/p+1. The van der Waals surface area contributed by atoms with Crippen molar-refractivity contribution in [1.82, 2.24) is 9.98 Å². The molecule has 1 aliphatic heterocycles. The van der Waals surface area contributed by atoms with E-state index in [0.29, 0.717) is 5.84 Å². The van der Waals surface area contributed by atoms with Crippen LogP contribution in [-0.2, 0) is 5.41 Å². The molecular weight excluding hydrogens is 643 g/mol. The summed E-state index contributed by atoms with van der Waals surface area (Å²) in [6.45, 7) is 4.68. The van der Waals surface area contributed by atoms with Crippen molar-refractivity contribution in [3.63, 3.8) is 0 Å². The predicted molar refractivity (Wildman–Crippen MR) is 223 cm³/mol. The van der Waals surface area contributed by atoms with Crippen LogP contribution < -0.4 is 9.98 Å². The van der Waals surface area contributed by atoms with Gasteiger partial charge in [-0.15, -0.1) is 0 Å². The van der Waals surface area contributed by atoms with Crippen LogP contribution in [0.2, 0.25) is 0 Å². The molecule has 0 saturated heterocycles. The Morgan fingerprint density at radius 3 is 1.74 bits per heavy atom. The Morgan fingerprint density at radius 2 is 0.981 bits per heavy atom. The summed E-state index contributed by atoms with van der Waals surface area (Å²) in [7, 11) is 0. The van der Waals surface area contributed by atoms with E-state index in [1.165, 1.54) is 49.4 Å². The summed E-state index contributed by atoms with van der Waals surface area (Å²) in [5.74, 6) is 2.21. The molecule has 53 heavy (non-hydrogen) atoms. The molecule has 250 valence electrons. The molecule has 0 spiro atoms. The first kappa shape index (κ1) is 31.0. The Hall–Kier alpha value is -6.80. The van der Waals surface area contributed by atoms with Gasteiger partial charge < -0.3 is 0 Å². The van der Waals surface area contributed by atoms with Gasteiger partial charge in [0.05, 0.1) is 16.7 Å². The van der Waals surface area contributed by atoms with E-state index in [-0.39, 0.29) is 5.41 Å². The Bertz CT molecular complexity index is 2870. The monoisotopic (exact) mass is 678 g/mol. The molecule has 0 aromatic heterocycles. The number of hydrogen-bond acceptors (Lipinski definition) is 2.